The number of benzene rings is 1. The Hall–Kier alpha value is -2.17. The number of nitrogens with one attached hydrogen (secondary N) is 1. The first-order valence-electron chi connectivity index (χ1n) is 9.43. The molecule has 1 aliphatic heterocycles. The quantitative estimate of drug-likeness (QED) is 0.832. The lowest BCUT2D eigenvalue weighted by molar-refractivity contribution is 0.402. The molecule has 0 radical (unpaired) electrons. The van der Waals surface area contributed by atoms with Gasteiger partial charge in [0.2, 0.25) is 5.95 Å². The van der Waals surface area contributed by atoms with Gasteiger partial charge in [0.25, 0.3) is 0 Å². The fraction of sp³-hybridized carbons (Fsp3) is 0.550. The maximum absolute atomic E-state index is 4.64. The van der Waals surface area contributed by atoms with E-state index in [2.05, 4.69) is 69.6 Å². The maximum atomic E-state index is 4.64. The second-order valence-electron chi connectivity index (χ2n) is 7.37. The fourth-order valence-corrected chi connectivity index (χ4v) is 3.31. The third kappa shape index (κ3) is 5.41. The van der Waals surface area contributed by atoms with Crippen molar-refractivity contribution in [2.75, 3.05) is 29.9 Å². The highest BCUT2D eigenvalue weighted by Gasteiger charge is 2.21. The summed E-state index contributed by atoms with van der Waals surface area (Å²) in [5.74, 6) is 3.02. The standard InChI is InChI=1S/C20H29N5/c1-16(2)8-11-21-20-23-19(15-22-24-20)25-12-9-18(10-13-25)14-17-6-4-3-5-7-17/h3-7,15-16,18H,8-14H2,1-2H3,(H,21,23,24). The smallest absolute Gasteiger partial charge is 0.244 e. The largest absolute Gasteiger partial charge is 0.355 e. The van der Waals surface area contributed by atoms with Crippen LogP contribution in [0.1, 0.15) is 38.7 Å². The average molecular weight is 339 g/mol. The van der Waals surface area contributed by atoms with Crippen molar-refractivity contribution in [2.24, 2.45) is 11.8 Å². The van der Waals surface area contributed by atoms with Gasteiger partial charge in [0, 0.05) is 19.6 Å². The molecule has 0 amide bonds. The van der Waals surface area contributed by atoms with Gasteiger partial charge < -0.3 is 10.2 Å². The first-order valence-corrected chi connectivity index (χ1v) is 9.43. The summed E-state index contributed by atoms with van der Waals surface area (Å²) in [7, 11) is 0. The van der Waals surface area contributed by atoms with Crippen LogP contribution in [0.2, 0.25) is 0 Å². The minimum absolute atomic E-state index is 0.643. The first kappa shape index (κ1) is 17.6. The highest BCUT2D eigenvalue weighted by atomic mass is 15.3. The molecule has 0 unspecified atom stereocenters. The zero-order chi connectivity index (χ0) is 17.5. The minimum Gasteiger partial charge on any atom is -0.355 e. The second-order valence-corrected chi connectivity index (χ2v) is 7.37. The molecule has 2 aromatic rings. The molecule has 5 heteroatoms. The zero-order valence-corrected chi connectivity index (χ0v) is 15.4. The molecule has 1 N–H and O–H groups in total. The summed E-state index contributed by atoms with van der Waals surface area (Å²) >= 11 is 0. The van der Waals surface area contributed by atoms with Crippen LogP contribution in [0.3, 0.4) is 0 Å². The predicted octanol–water partition coefficient (Wildman–Crippen LogP) is 3.79. The molecule has 3 rings (SSSR count). The Morgan fingerprint density at radius 1 is 1.16 bits per heavy atom. The normalized spacial score (nSPS) is 15.6. The SMILES string of the molecule is CC(C)CCNc1nncc(N2CCC(Cc3ccccc3)CC2)n1. The molecule has 0 bridgehead atoms. The number of piperidine rings is 1. The van der Waals surface area contributed by atoms with E-state index in [1.807, 2.05) is 0 Å². The van der Waals surface area contributed by atoms with Gasteiger partial charge in [-0.2, -0.15) is 10.1 Å². The predicted molar refractivity (Wildman–Crippen MR) is 103 cm³/mol. The van der Waals surface area contributed by atoms with Crippen LogP contribution in [-0.4, -0.2) is 34.8 Å². The van der Waals surface area contributed by atoms with Crippen molar-refractivity contribution in [3.63, 3.8) is 0 Å². The van der Waals surface area contributed by atoms with Crippen LogP contribution in [-0.2, 0) is 6.42 Å². The van der Waals surface area contributed by atoms with Crippen molar-refractivity contribution in [3.8, 4) is 0 Å². The second kappa shape index (κ2) is 8.79. The van der Waals surface area contributed by atoms with Gasteiger partial charge in [0.1, 0.15) is 0 Å². The van der Waals surface area contributed by atoms with E-state index in [0.29, 0.717) is 11.9 Å². The Labute approximate surface area is 150 Å². The summed E-state index contributed by atoms with van der Waals surface area (Å²) in [6.07, 6.45) is 6.48. The lowest BCUT2D eigenvalue weighted by Gasteiger charge is -2.32. The summed E-state index contributed by atoms with van der Waals surface area (Å²) in [5, 5.41) is 11.5. The topological polar surface area (TPSA) is 53.9 Å². The first-order chi connectivity index (χ1) is 12.2. The Kier molecular flexibility index (Phi) is 6.20. The van der Waals surface area contributed by atoms with E-state index in [0.717, 1.165) is 37.8 Å². The van der Waals surface area contributed by atoms with Crippen molar-refractivity contribution < 1.29 is 0 Å². The fourth-order valence-electron chi connectivity index (χ4n) is 3.31. The molecule has 5 nitrogen and oxygen atoms in total. The molecule has 1 aliphatic rings. The van der Waals surface area contributed by atoms with Gasteiger partial charge in [-0.1, -0.05) is 44.2 Å². The van der Waals surface area contributed by atoms with Crippen molar-refractivity contribution in [3.05, 3.63) is 42.1 Å². The molecule has 1 fully saturated rings. The van der Waals surface area contributed by atoms with Crippen LogP contribution in [0, 0.1) is 11.8 Å². The van der Waals surface area contributed by atoms with Crippen LogP contribution in [0.4, 0.5) is 11.8 Å². The van der Waals surface area contributed by atoms with Crippen LogP contribution in [0.15, 0.2) is 36.5 Å². The highest BCUT2D eigenvalue weighted by Crippen LogP contribution is 2.24. The number of aromatic nitrogens is 3. The maximum Gasteiger partial charge on any atom is 0.244 e. The summed E-state index contributed by atoms with van der Waals surface area (Å²) in [6, 6.07) is 10.8. The van der Waals surface area contributed by atoms with E-state index >= 15 is 0 Å². The monoisotopic (exact) mass is 339 g/mol. The number of hydrogen-bond donors (Lipinski definition) is 1. The molecule has 2 heterocycles. The third-order valence-electron chi connectivity index (χ3n) is 4.86. The number of rotatable bonds is 7. The highest BCUT2D eigenvalue weighted by molar-refractivity contribution is 5.40. The number of nitrogens with zero attached hydrogens (tertiary/aromatic N) is 4. The van der Waals surface area contributed by atoms with Gasteiger partial charge in [-0.25, -0.2) is 0 Å². The molecular weight excluding hydrogens is 310 g/mol. The van der Waals surface area contributed by atoms with Crippen molar-refractivity contribution in [2.45, 2.75) is 39.5 Å². The molecule has 0 aliphatic carbocycles. The van der Waals surface area contributed by atoms with E-state index < -0.39 is 0 Å². The van der Waals surface area contributed by atoms with E-state index in [9.17, 15) is 0 Å². The lowest BCUT2D eigenvalue weighted by atomic mass is 9.90. The molecule has 134 valence electrons. The molecular formula is C20H29N5. The molecule has 1 saturated heterocycles. The molecule has 0 atom stereocenters. The Morgan fingerprint density at radius 3 is 2.64 bits per heavy atom. The molecule has 25 heavy (non-hydrogen) atoms. The Bertz CT molecular complexity index is 636. The molecule has 0 saturated carbocycles. The Morgan fingerprint density at radius 2 is 1.92 bits per heavy atom. The van der Waals surface area contributed by atoms with Gasteiger partial charge in [-0.15, -0.1) is 5.10 Å². The molecule has 1 aromatic carbocycles. The lowest BCUT2D eigenvalue weighted by Crippen LogP contribution is -2.35. The van der Waals surface area contributed by atoms with Gasteiger partial charge in [-0.3, -0.25) is 0 Å². The van der Waals surface area contributed by atoms with Crippen molar-refractivity contribution >= 4 is 11.8 Å². The van der Waals surface area contributed by atoms with Crippen molar-refractivity contribution in [1.82, 2.24) is 15.2 Å². The van der Waals surface area contributed by atoms with E-state index in [-0.39, 0.29) is 0 Å². The van der Waals surface area contributed by atoms with E-state index in [1.54, 1.807) is 6.20 Å². The zero-order valence-electron chi connectivity index (χ0n) is 15.4. The average Bonchev–Trinajstić information content (AvgIpc) is 2.63. The van der Waals surface area contributed by atoms with Crippen LogP contribution in [0.25, 0.3) is 0 Å². The third-order valence-corrected chi connectivity index (χ3v) is 4.86. The van der Waals surface area contributed by atoms with E-state index in [1.165, 1.54) is 24.8 Å². The Balaban J connectivity index is 1.50. The van der Waals surface area contributed by atoms with Crippen LogP contribution in [0.5, 0.6) is 0 Å². The van der Waals surface area contributed by atoms with Gasteiger partial charge in [0.15, 0.2) is 5.82 Å². The summed E-state index contributed by atoms with van der Waals surface area (Å²) in [5.41, 5.74) is 1.45. The summed E-state index contributed by atoms with van der Waals surface area (Å²) < 4.78 is 0. The molecule has 0 spiro atoms. The molecule has 1 aromatic heterocycles. The number of anilines is 2. The summed E-state index contributed by atoms with van der Waals surface area (Å²) in [4.78, 5) is 6.98. The minimum atomic E-state index is 0.643. The number of hydrogen-bond acceptors (Lipinski definition) is 5. The van der Waals surface area contributed by atoms with Crippen molar-refractivity contribution in [1.29, 1.82) is 0 Å². The van der Waals surface area contributed by atoms with E-state index in [4.69, 9.17) is 0 Å². The van der Waals surface area contributed by atoms with Gasteiger partial charge in [0.05, 0.1) is 6.20 Å². The van der Waals surface area contributed by atoms with Crippen LogP contribution >= 0.6 is 0 Å². The van der Waals surface area contributed by atoms with Gasteiger partial charge >= 0.3 is 0 Å². The van der Waals surface area contributed by atoms with Gasteiger partial charge in [-0.05, 0) is 43.1 Å². The van der Waals surface area contributed by atoms with Crippen LogP contribution < -0.4 is 10.2 Å². The summed E-state index contributed by atoms with van der Waals surface area (Å²) in [6.45, 7) is 7.42.